The molecule has 1 aliphatic heterocycles. The fourth-order valence-electron chi connectivity index (χ4n) is 3.54. The maximum absolute atomic E-state index is 6.09. The monoisotopic (exact) mass is 294 g/mol. The minimum absolute atomic E-state index is 0.131. The van der Waals surface area contributed by atoms with Gasteiger partial charge in [0.1, 0.15) is 6.33 Å². The third-order valence-electron chi connectivity index (χ3n) is 4.68. The second-order valence-electron chi connectivity index (χ2n) is 6.20. The van der Waals surface area contributed by atoms with Gasteiger partial charge in [0.05, 0.1) is 24.8 Å². The Morgan fingerprint density at radius 2 is 2.33 bits per heavy atom. The number of ether oxygens (including phenoxy) is 2. The molecule has 2 fully saturated rings. The number of nitrogens with one attached hydrogen (secondary N) is 1. The fraction of sp³-hybridized carbons (Fsp3) is 0.867. The molecule has 3 rings (SSSR count). The lowest BCUT2D eigenvalue weighted by molar-refractivity contribution is -0.0910. The van der Waals surface area contributed by atoms with Crippen molar-refractivity contribution in [1.29, 1.82) is 0 Å². The van der Waals surface area contributed by atoms with Gasteiger partial charge in [0.15, 0.2) is 5.82 Å². The van der Waals surface area contributed by atoms with Gasteiger partial charge in [0, 0.05) is 20.3 Å². The van der Waals surface area contributed by atoms with Crippen LogP contribution in [0.3, 0.4) is 0 Å². The zero-order valence-corrected chi connectivity index (χ0v) is 12.9. The first kappa shape index (κ1) is 14.9. The Kier molecular flexibility index (Phi) is 4.87. The summed E-state index contributed by atoms with van der Waals surface area (Å²) in [7, 11) is 1.71. The lowest BCUT2D eigenvalue weighted by atomic mass is 9.89. The molecule has 1 aromatic rings. The molecule has 1 saturated carbocycles. The lowest BCUT2D eigenvalue weighted by Crippen LogP contribution is -2.38. The minimum Gasteiger partial charge on any atom is -0.383 e. The summed E-state index contributed by atoms with van der Waals surface area (Å²) in [6, 6.07) is 0.442. The number of aromatic nitrogens is 3. The van der Waals surface area contributed by atoms with Gasteiger partial charge < -0.3 is 14.8 Å². The Bertz CT molecular complexity index is 443. The highest BCUT2D eigenvalue weighted by atomic mass is 16.5. The zero-order valence-electron chi connectivity index (χ0n) is 12.9. The van der Waals surface area contributed by atoms with Gasteiger partial charge in [-0.2, -0.15) is 5.10 Å². The highest BCUT2D eigenvalue weighted by molar-refractivity contribution is 4.94. The van der Waals surface area contributed by atoms with Crippen LogP contribution in [0, 0.1) is 0 Å². The SMILES string of the molecule is COCCNCc1ncn(C2CCOC3(CCCC3)C2)n1. The molecule has 1 aliphatic carbocycles. The van der Waals surface area contributed by atoms with E-state index in [1.165, 1.54) is 25.7 Å². The Labute approximate surface area is 126 Å². The Balaban J connectivity index is 1.55. The van der Waals surface area contributed by atoms with Crippen LogP contribution in [0.2, 0.25) is 0 Å². The molecule has 2 aliphatic rings. The molecule has 2 heterocycles. The molecule has 0 aromatic carbocycles. The van der Waals surface area contributed by atoms with Crippen LogP contribution >= 0.6 is 0 Å². The lowest BCUT2D eigenvalue weighted by Gasteiger charge is -2.38. The standard InChI is InChI=1S/C15H26N4O2/c1-20-9-7-16-11-14-17-12-19(18-14)13-4-8-21-15(10-13)5-2-3-6-15/h12-13,16H,2-11H2,1H3. The normalized spacial score (nSPS) is 24.7. The number of methoxy groups -OCH3 is 1. The summed E-state index contributed by atoms with van der Waals surface area (Å²) in [6.45, 7) is 3.09. The predicted octanol–water partition coefficient (Wildman–Crippen LogP) is 1.68. The molecule has 1 saturated heterocycles. The molecule has 1 spiro atoms. The molecular weight excluding hydrogens is 268 g/mol. The summed E-state index contributed by atoms with van der Waals surface area (Å²) in [5.41, 5.74) is 0.131. The van der Waals surface area contributed by atoms with Gasteiger partial charge in [-0.15, -0.1) is 0 Å². The second-order valence-corrected chi connectivity index (χ2v) is 6.20. The molecule has 0 amide bonds. The average molecular weight is 294 g/mol. The van der Waals surface area contributed by atoms with Crippen molar-refractivity contribution in [3.63, 3.8) is 0 Å². The van der Waals surface area contributed by atoms with Crippen LogP contribution in [0.1, 0.15) is 50.4 Å². The van der Waals surface area contributed by atoms with Crippen molar-refractivity contribution < 1.29 is 9.47 Å². The minimum atomic E-state index is 0.131. The summed E-state index contributed by atoms with van der Waals surface area (Å²) < 4.78 is 13.2. The first-order valence-corrected chi connectivity index (χ1v) is 8.05. The third-order valence-corrected chi connectivity index (χ3v) is 4.68. The van der Waals surface area contributed by atoms with Crippen molar-refractivity contribution in [1.82, 2.24) is 20.1 Å². The van der Waals surface area contributed by atoms with Crippen LogP contribution < -0.4 is 5.32 Å². The topological polar surface area (TPSA) is 61.2 Å². The maximum Gasteiger partial charge on any atom is 0.164 e. The van der Waals surface area contributed by atoms with Gasteiger partial charge in [-0.05, 0) is 25.7 Å². The Hall–Kier alpha value is -0.980. The highest BCUT2D eigenvalue weighted by Gasteiger charge is 2.40. The first-order chi connectivity index (χ1) is 10.3. The summed E-state index contributed by atoms with van der Waals surface area (Å²) in [6.07, 6.45) is 9.05. The fourth-order valence-corrected chi connectivity index (χ4v) is 3.54. The van der Waals surface area contributed by atoms with E-state index in [0.717, 1.165) is 31.8 Å². The van der Waals surface area contributed by atoms with Crippen LogP contribution in [0.5, 0.6) is 0 Å². The number of hydrogen-bond donors (Lipinski definition) is 1. The molecule has 1 N–H and O–H groups in total. The van der Waals surface area contributed by atoms with Gasteiger partial charge in [-0.3, -0.25) is 0 Å². The van der Waals surface area contributed by atoms with Gasteiger partial charge in [0.25, 0.3) is 0 Å². The third kappa shape index (κ3) is 3.62. The molecule has 1 atom stereocenters. The number of nitrogens with zero attached hydrogens (tertiary/aromatic N) is 3. The second kappa shape index (κ2) is 6.85. The van der Waals surface area contributed by atoms with Crippen molar-refractivity contribution in [3.05, 3.63) is 12.2 Å². The Morgan fingerprint density at radius 3 is 3.14 bits per heavy atom. The summed E-state index contributed by atoms with van der Waals surface area (Å²) >= 11 is 0. The molecule has 6 heteroatoms. The van der Waals surface area contributed by atoms with Crippen LogP contribution in [0.4, 0.5) is 0 Å². The molecule has 118 valence electrons. The van der Waals surface area contributed by atoms with E-state index in [0.29, 0.717) is 19.2 Å². The van der Waals surface area contributed by atoms with Crippen LogP contribution in [-0.4, -0.2) is 47.2 Å². The van der Waals surface area contributed by atoms with E-state index in [1.807, 2.05) is 6.33 Å². The predicted molar refractivity (Wildman–Crippen MR) is 79.0 cm³/mol. The molecule has 21 heavy (non-hydrogen) atoms. The van der Waals surface area contributed by atoms with Gasteiger partial charge in [0.2, 0.25) is 0 Å². The van der Waals surface area contributed by atoms with Crippen LogP contribution in [-0.2, 0) is 16.0 Å². The van der Waals surface area contributed by atoms with Crippen molar-refractivity contribution >= 4 is 0 Å². The highest BCUT2D eigenvalue weighted by Crippen LogP contribution is 2.43. The van der Waals surface area contributed by atoms with E-state index in [-0.39, 0.29) is 5.60 Å². The van der Waals surface area contributed by atoms with Crippen molar-refractivity contribution in [3.8, 4) is 0 Å². The van der Waals surface area contributed by atoms with Crippen molar-refractivity contribution in [2.45, 2.75) is 56.7 Å². The van der Waals surface area contributed by atoms with E-state index in [1.54, 1.807) is 7.11 Å². The van der Waals surface area contributed by atoms with E-state index >= 15 is 0 Å². The Morgan fingerprint density at radius 1 is 1.48 bits per heavy atom. The van der Waals surface area contributed by atoms with E-state index in [2.05, 4.69) is 20.1 Å². The van der Waals surface area contributed by atoms with Gasteiger partial charge in [-0.1, -0.05) is 12.8 Å². The number of hydrogen-bond acceptors (Lipinski definition) is 5. The van der Waals surface area contributed by atoms with E-state index < -0.39 is 0 Å². The molecular formula is C15H26N4O2. The van der Waals surface area contributed by atoms with Gasteiger partial charge in [-0.25, -0.2) is 9.67 Å². The van der Waals surface area contributed by atoms with E-state index in [4.69, 9.17) is 9.47 Å². The number of rotatable bonds is 6. The quantitative estimate of drug-likeness (QED) is 0.809. The van der Waals surface area contributed by atoms with Gasteiger partial charge >= 0.3 is 0 Å². The van der Waals surface area contributed by atoms with Crippen LogP contribution in [0.25, 0.3) is 0 Å². The largest absolute Gasteiger partial charge is 0.383 e. The summed E-state index contributed by atoms with van der Waals surface area (Å²) in [5, 5.41) is 7.91. The smallest absolute Gasteiger partial charge is 0.164 e. The average Bonchev–Trinajstić information content (AvgIpc) is 3.14. The van der Waals surface area contributed by atoms with Crippen molar-refractivity contribution in [2.24, 2.45) is 0 Å². The first-order valence-electron chi connectivity index (χ1n) is 8.05. The molecule has 1 unspecified atom stereocenters. The molecule has 0 bridgehead atoms. The van der Waals surface area contributed by atoms with Crippen LogP contribution in [0.15, 0.2) is 6.33 Å². The molecule has 6 nitrogen and oxygen atoms in total. The zero-order chi connectivity index (χ0) is 14.5. The molecule has 0 radical (unpaired) electrons. The van der Waals surface area contributed by atoms with Crippen molar-refractivity contribution in [2.75, 3.05) is 26.9 Å². The maximum atomic E-state index is 6.09. The molecule has 1 aromatic heterocycles. The summed E-state index contributed by atoms with van der Waals surface area (Å²) in [5.74, 6) is 0.859. The van der Waals surface area contributed by atoms with E-state index in [9.17, 15) is 0 Å². The summed E-state index contributed by atoms with van der Waals surface area (Å²) in [4.78, 5) is 4.41.